The lowest BCUT2D eigenvalue weighted by Crippen LogP contribution is -2.38. The van der Waals surface area contributed by atoms with Crippen molar-refractivity contribution >= 4 is 37.1 Å². The average molecular weight is 559 g/mol. The van der Waals surface area contributed by atoms with Gasteiger partial charge in [-0.25, -0.2) is 0 Å². The largest absolute Gasteiger partial charge is 0.0642 e. The molecule has 0 spiro atoms. The summed E-state index contributed by atoms with van der Waals surface area (Å²) >= 11 is 0. The normalized spacial score (nSPS) is 12.8. The Labute approximate surface area is 244 Å². The fourth-order valence-electron chi connectivity index (χ4n) is 6.24. The molecule has 0 bridgehead atoms. The third kappa shape index (κ3) is 5.46. The van der Waals surface area contributed by atoms with Gasteiger partial charge in [-0.1, -0.05) is 173 Å². The summed E-state index contributed by atoms with van der Waals surface area (Å²) < 4.78 is 0. The van der Waals surface area contributed by atoms with Gasteiger partial charge in [0.05, 0.1) is 0 Å². The van der Waals surface area contributed by atoms with Crippen LogP contribution >= 0.6 is 15.8 Å². The molecular weight excluding hydrogens is 518 g/mol. The van der Waals surface area contributed by atoms with Crippen LogP contribution < -0.4 is 21.2 Å². The van der Waals surface area contributed by atoms with Gasteiger partial charge in [0.25, 0.3) is 0 Å². The standard InChI is InChI=1S/C38H40P2/c1-5-38(6-2,39(32-23-13-8-14-24-32)33-25-15-9-16-26-33)35-29-19-20-30-36(35)40(34-27-17-10-18-28-34)37(3,4)31-21-11-7-12-22-31/h7-30H,5-6H2,1-4H3. The highest BCUT2D eigenvalue weighted by Crippen LogP contribution is 2.62. The molecule has 0 fully saturated rings. The van der Waals surface area contributed by atoms with Gasteiger partial charge in [-0.15, -0.1) is 0 Å². The SMILES string of the molecule is CCC(CC)(c1ccccc1P(c1ccccc1)C(C)(C)c1ccccc1)P(c1ccccc1)c1ccccc1. The third-order valence-electron chi connectivity index (χ3n) is 8.33. The summed E-state index contributed by atoms with van der Waals surface area (Å²) in [5, 5.41) is 5.80. The maximum absolute atomic E-state index is 2.46. The predicted octanol–water partition coefficient (Wildman–Crippen LogP) is 9.20. The molecule has 5 aromatic carbocycles. The molecule has 5 aromatic rings. The molecule has 0 heterocycles. The van der Waals surface area contributed by atoms with E-state index in [9.17, 15) is 0 Å². The van der Waals surface area contributed by atoms with Crippen molar-refractivity contribution < 1.29 is 0 Å². The van der Waals surface area contributed by atoms with Gasteiger partial charge >= 0.3 is 0 Å². The maximum atomic E-state index is 2.46. The lowest BCUT2D eigenvalue weighted by Gasteiger charge is -2.45. The highest BCUT2D eigenvalue weighted by molar-refractivity contribution is 7.75. The molecule has 2 heteroatoms. The van der Waals surface area contributed by atoms with E-state index < -0.39 is 15.8 Å². The Bertz CT molecular complexity index is 1430. The monoisotopic (exact) mass is 558 g/mol. The van der Waals surface area contributed by atoms with Crippen molar-refractivity contribution in [3.8, 4) is 0 Å². The van der Waals surface area contributed by atoms with Crippen molar-refractivity contribution in [2.24, 2.45) is 0 Å². The van der Waals surface area contributed by atoms with Crippen LogP contribution in [-0.4, -0.2) is 0 Å². The van der Waals surface area contributed by atoms with Crippen LogP contribution in [-0.2, 0) is 10.3 Å². The van der Waals surface area contributed by atoms with Gasteiger partial charge in [0.15, 0.2) is 0 Å². The number of benzene rings is 5. The lowest BCUT2D eigenvalue weighted by atomic mass is 9.92. The third-order valence-corrected chi connectivity index (χ3v) is 14.7. The quantitative estimate of drug-likeness (QED) is 0.150. The van der Waals surface area contributed by atoms with E-state index in [4.69, 9.17) is 0 Å². The molecular formula is C38H40P2. The van der Waals surface area contributed by atoms with Crippen molar-refractivity contribution in [1.29, 1.82) is 0 Å². The highest BCUT2D eigenvalue weighted by Gasteiger charge is 2.43. The molecule has 0 amide bonds. The van der Waals surface area contributed by atoms with Crippen LogP contribution in [0.4, 0.5) is 0 Å². The number of hydrogen-bond donors (Lipinski definition) is 0. The van der Waals surface area contributed by atoms with Gasteiger partial charge in [-0.2, -0.15) is 0 Å². The van der Waals surface area contributed by atoms with E-state index in [-0.39, 0.29) is 10.3 Å². The molecule has 0 aliphatic heterocycles. The van der Waals surface area contributed by atoms with Crippen LogP contribution in [0.25, 0.3) is 0 Å². The zero-order chi connectivity index (χ0) is 28.0. The van der Waals surface area contributed by atoms with Crippen LogP contribution in [0.5, 0.6) is 0 Å². The minimum atomic E-state index is -0.719. The maximum Gasteiger partial charge on any atom is 0.0236 e. The molecule has 0 N–H and O–H groups in total. The minimum absolute atomic E-state index is 0.00321. The molecule has 0 aliphatic rings. The molecule has 0 nitrogen and oxygen atoms in total. The lowest BCUT2D eigenvalue weighted by molar-refractivity contribution is 0.574. The second-order valence-electron chi connectivity index (χ2n) is 10.9. The van der Waals surface area contributed by atoms with E-state index in [0.717, 1.165) is 12.8 Å². The van der Waals surface area contributed by atoms with E-state index in [1.807, 2.05) is 0 Å². The molecule has 40 heavy (non-hydrogen) atoms. The molecule has 0 saturated heterocycles. The van der Waals surface area contributed by atoms with Gasteiger partial charge in [0.1, 0.15) is 0 Å². The Hall–Kier alpha value is -3.04. The van der Waals surface area contributed by atoms with Gasteiger partial charge in [0.2, 0.25) is 0 Å². The fraction of sp³-hybridized carbons (Fsp3) is 0.211. The smallest absolute Gasteiger partial charge is 0.0236 e. The van der Waals surface area contributed by atoms with Crippen LogP contribution in [0.15, 0.2) is 146 Å². The van der Waals surface area contributed by atoms with Crippen LogP contribution in [0, 0.1) is 0 Å². The summed E-state index contributed by atoms with van der Waals surface area (Å²) in [4.78, 5) is 0. The zero-order valence-electron chi connectivity index (χ0n) is 24.2. The van der Waals surface area contributed by atoms with Gasteiger partial charge < -0.3 is 0 Å². The van der Waals surface area contributed by atoms with Crippen LogP contribution in [0.1, 0.15) is 51.7 Å². The van der Waals surface area contributed by atoms with Crippen LogP contribution in [0.3, 0.4) is 0 Å². The predicted molar refractivity (Wildman–Crippen MR) is 180 cm³/mol. The van der Waals surface area contributed by atoms with Crippen molar-refractivity contribution in [3.63, 3.8) is 0 Å². The Morgan fingerprint density at radius 2 is 0.825 bits per heavy atom. The first-order valence-electron chi connectivity index (χ1n) is 14.4. The Morgan fingerprint density at radius 3 is 1.27 bits per heavy atom. The Morgan fingerprint density at radius 1 is 0.450 bits per heavy atom. The zero-order valence-corrected chi connectivity index (χ0v) is 26.0. The van der Waals surface area contributed by atoms with Crippen molar-refractivity contribution in [3.05, 3.63) is 157 Å². The van der Waals surface area contributed by atoms with Gasteiger partial charge in [0, 0.05) is 10.3 Å². The molecule has 202 valence electrons. The molecule has 0 radical (unpaired) electrons. The highest BCUT2D eigenvalue weighted by atomic mass is 31.1. The van der Waals surface area contributed by atoms with E-state index in [0.29, 0.717) is 0 Å². The van der Waals surface area contributed by atoms with Gasteiger partial charge in [-0.3, -0.25) is 0 Å². The van der Waals surface area contributed by atoms with Crippen molar-refractivity contribution in [2.45, 2.75) is 50.8 Å². The summed E-state index contributed by atoms with van der Waals surface area (Å²) in [6.45, 7) is 9.73. The van der Waals surface area contributed by atoms with Crippen LogP contribution in [0.2, 0.25) is 0 Å². The number of hydrogen-bond acceptors (Lipinski definition) is 0. The van der Waals surface area contributed by atoms with Crippen molar-refractivity contribution in [2.75, 3.05) is 0 Å². The first kappa shape index (κ1) is 28.5. The first-order chi connectivity index (χ1) is 19.5. The molecule has 1 unspecified atom stereocenters. The fourth-order valence-corrected chi connectivity index (χ4v) is 12.8. The second kappa shape index (κ2) is 12.6. The van der Waals surface area contributed by atoms with E-state index in [1.54, 1.807) is 0 Å². The molecule has 0 saturated carbocycles. The van der Waals surface area contributed by atoms with E-state index in [2.05, 4.69) is 173 Å². The first-order valence-corrected chi connectivity index (χ1v) is 17.1. The molecule has 0 aliphatic carbocycles. The Balaban J connectivity index is 1.80. The second-order valence-corrected chi connectivity index (χ2v) is 16.2. The molecule has 5 rings (SSSR count). The molecule has 1 atom stereocenters. The molecule has 0 aromatic heterocycles. The van der Waals surface area contributed by atoms with Gasteiger partial charge in [-0.05, 0) is 61.0 Å². The van der Waals surface area contributed by atoms with E-state index in [1.165, 1.54) is 32.3 Å². The van der Waals surface area contributed by atoms with Crippen molar-refractivity contribution in [1.82, 2.24) is 0 Å². The van der Waals surface area contributed by atoms with E-state index >= 15 is 0 Å². The Kier molecular flexibility index (Phi) is 9.00. The summed E-state index contributed by atoms with van der Waals surface area (Å²) in [6.07, 6.45) is 2.17. The summed E-state index contributed by atoms with van der Waals surface area (Å²) in [6, 6.07) is 54.4. The average Bonchev–Trinajstić information content (AvgIpc) is 3.02. The summed E-state index contributed by atoms with van der Waals surface area (Å²) in [5.74, 6) is 0. The minimum Gasteiger partial charge on any atom is -0.0642 e. The number of rotatable bonds is 10. The summed E-state index contributed by atoms with van der Waals surface area (Å²) in [5.41, 5.74) is 2.92. The summed E-state index contributed by atoms with van der Waals surface area (Å²) in [7, 11) is -1.38. The topological polar surface area (TPSA) is 0 Å².